The average molecular weight is 248 g/mol. The number of alkyl halides is 1. The summed E-state index contributed by atoms with van der Waals surface area (Å²) in [5, 5.41) is 3.03. The quantitative estimate of drug-likeness (QED) is 0.463. The Morgan fingerprint density at radius 3 is 2.25 bits per heavy atom. The van der Waals surface area contributed by atoms with Crippen LogP contribution >= 0.6 is 11.6 Å². The number of carbonyl (C=O) groups is 1. The highest BCUT2D eigenvalue weighted by atomic mass is 35.5. The zero-order chi connectivity index (χ0) is 12.2. The minimum atomic E-state index is 0.225. The number of nitrogens with one attached hydrogen (secondary N) is 1. The fourth-order valence-corrected chi connectivity index (χ4v) is 2.04. The van der Waals surface area contributed by atoms with Gasteiger partial charge in [0, 0.05) is 18.3 Å². The topological polar surface area (TPSA) is 29.1 Å². The number of rotatable bonds is 10. The Kier molecular flexibility index (Phi) is 11.1. The Hall–Kier alpha value is -0.240. The van der Waals surface area contributed by atoms with Crippen molar-refractivity contribution < 1.29 is 4.79 Å². The molecule has 1 N–H and O–H groups in total. The molecule has 0 aliphatic heterocycles. The van der Waals surface area contributed by atoms with Gasteiger partial charge >= 0.3 is 0 Å². The summed E-state index contributed by atoms with van der Waals surface area (Å²) in [7, 11) is 0. The first-order chi connectivity index (χ1) is 7.76. The standard InChI is InChI=1S/C13H26ClNO/c1-3-8-12(9-4-2)13(16)15-11-7-5-6-10-14/h12H,3-11H2,1-2H3,(H,15,16). The number of halogens is 1. The highest BCUT2D eigenvalue weighted by Crippen LogP contribution is 2.13. The highest BCUT2D eigenvalue weighted by Gasteiger charge is 2.15. The third-order valence-electron chi connectivity index (χ3n) is 2.75. The molecule has 0 aromatic heterocycles. The van der Waals surface area contributed by atoms with Gasteiger partial charge in [0.1, 0.15) is 0 Å². The summed E-state index contributed by atoms with van der Waals surface area (Å²) in [6.07, 6.45) is 7.40. The summed E-state index contributed by atoms with van der Waals surface area (Å²) in [6, 6.07) is 0. The highest BCUT2D eigenvalue weighted by molar-refractivity contribution is 6.17. The molecule has 0 atom stereocenters. The first-order valence-electron chi connectivity index (χ1n) is 6.59. The Morgan fingerprint density at radius 1 is 1.12 bits per heavy atom. The predicted octanol–water partition coefficient (Wildman–Crippen LogP) is 3.73. The summed E-state index contributed by atoms with van der Waals surface area (Å²) in [4.78, 5) is 11.8. The maximum Gasteiger partial charge on any atom is 0.223 e. The second-order valence-electron chi connectivity index (χ2n) is 4.31. The van der Waals surface area contributed by atoms with Crippen LogP contribution in [0.2, 0.25) is 0 Å². The molecule has 0 radical (unpaired) electrons. The Labute approximate surface area is 105 Å². The minimum Gasteiger partial charge on any atom is -0.356 e. The van der Waals surface area contributed by atoms with Crippen molar-refractivity contribution in [1.82, 2.24) is 5.32 Å². The largest absolute Gasteiger partial charge is 0.356 e. The summed E-state index contributed by atoms with van der Waals surface area (Å²) in [5.74, 6) is 1.19. The van der Waals surface area contributed by atoms with Gasteiger partial charge in [0.05, 0.1) is 0 Å². The van der Waals surface area contributed by atoms with Crippen LogP contribution in [0.15, 0.2) is 0 Å². The smallest absolute Gasteiger partial charge is 0.223 e. The van der Waals surface area contributed by atoms with E-state index in [4.69, 9.17) is 11.6 Å². The van der Waals surface area contributed by atoms with Gasteiger partial charge in [-0.2, -0.15) is 0 Å². The second-order valence-corrected chi connectivity index (χ2v) is 4.69. The average Bonchev–Trinajstić information content (AvgIpc) is 2.28. The zero-order valence-electron chi connectivity index (χ0n) is 10.7. The molecule has 0 bridgehead atoms. The van der Waals surface area contributed by atoms with Crippen molar-refractivity contribution >= 4 is 17.5 Å². The van der Waals surface area contributed by atoms with Crippen molar-refractivity contribution in [2.24, 2.45) is 5.92 Å². The van der Waals surface area contributed by atoms with Crippen LogP contribution in [0.4, 0.5) is 0 Å². The molecule has 0 unspecified atom stereocenters. The van der Waals surface area contributed by atoms with Crippen molar-refractivity contribution in [3.05, 3.63) is 0 Å². The van der Waals surface area contributed by atoms with E-state index >= 15 is 0 Å². The van der Waals surface area contributed by atoms with Gasteiger partial charge in [-0.3, -0.25) is 4.79 Å². The maximum atomic E-state index is 11.8. The third kappa shape index (κ3) is 7.98. The van der Waals surface area contributed by atoms with Crippen LogP contribution < -0.4 is 5.32 Å². The molecule has 2 nitrogen and oxygen atoms in total. The number of hydrogen-bond acceptors (Lipinski definition) is 1. The lowest BCUT2D eigenvalue weighted by Gasteiger charge is -2.15. The fraction of sp³-hybridized carbons (Fsp3) is 0.923. The molecule has 0 saturated carbocycles. The molecule has 0 aliphatic rings. The van der Waals surface area contributed by atoms with Gasteiger partial charge < -0.3 is 5.32 Å². The van der Waals surface area contributed by atoms with E-state index in [9.17, 15) is 4.79 Å². The first kappa shape index (κ1) is 15.8. The van der Waals surface area contributed by atoms with E-state index in [0.717, 1.165) is 57.4 Å². The van der Waals surface area contributed by atoms with E-state index in [-0.39, 0.29) is 11.8 Å². The van der Waals surface area contributed by atoms with E-state index in [0.29, 0.717) is 0 Å². The number of unbranched alkanes of at least 4 members (excludes halogenated alkanes) is 2. The predicted molar refractivity (Wildman–Crippen MR) is 70.9 cm³/mol. The monoisotopic (exact) mass is 247 g/mol. The molecule has 3 heteroatoms. The van der Waals surface area contributed by atoms with Crippen molar-refractivity contribution in [2.45, 2.75) is 58.8 Å². The van der Waals surface area contributed by atoms with Crippen molar-refractivity contribution in [3.8, 4) is 0 Å². The Balaban J connectivity index is 3.65. The van der Waals surface area contributed by atoms with E-state index in [2.05, 4.69) is 19.2 Å². The fourth-order valence-electron chi connectivity index (χ4n) is 1.86. The lowest BCUT2D eigenvalue weighted by atomic mass is 9.97. The van der Waals surface area contributed by atoms with Crippen molar-refractivity contribution in [3.63, 3.8) is 0 Å². The lowest BCUT2D eigenvalue weighted by Crippen LogP contribution is -2.31. The van der Waals surface area contributed by atoms with E-state index < -0.39 is 0 Å². The van der Waals surface area contributed by atoms with E-state index in [1.807, 2.05) is 0 Å². The maximum absolute atomic E-state index is 11.8. The van der Waals surface area contributed by atoms with Crippen LogP contribution in [0.5, 0.6) is 0 Å². The summed E-state index contributed by atoms with van der Waals surface area (Å²) < 4.78 is 0. The molecule has 16 heavy (non-hydrogen) atoms. The van der Waals surface area contributed by atoms with Crippen LogP contribution in [0.3, 0.4) is 0 Å². The molecular weight excluding hydrogens is 222 g/mol. The molecule has 0 rings (SSSR count). The van der Waals surface area contributed by atoms with Crippen molar-refractivity contribution in [2.75, 3.05) is 12.4 Å². The molecule has 0 fully saturated rings. The third-order valence-corrected chi connectivity index (χ3v) is 3.02. The molecule has 0 aliphatic carbocycles. The van der Waals surface area contributed by atoms with Gasteiger partial charge in [-0.15, -0.1) is 11.6 Å². The summed E-state index contributed by atoms with van der Waals surface area (Å²) in [5.41, 5.74) is 0. The first-order valence-corrected chi connectivity index (χ1v) is 7.13. The Morgan fingerprint density at radius 2 is 1.75 bits per heavy atom. The van der Waals surface area contributed by atoms with Crippen LogP contribution in [0, 0.1) is 5.92 Å². The van der Waals surface area contributed by atoms with E-state index in [1.165, 1.54) is 0 Å². The van der Waals surface area contributed by atoms with Crippen molar-refractivity contribution in [1.29, 1.82) is 0 Å². The van der Waals surface area contributed by atoms with Crippen LogP contribution in [-0.2, 0) is 4.79 Å². The summed E-state index contributed by atoms with van der Waals surface area (Å²) in [6.45, 7) is 5.08. The number of carbonyl (C=O) groups excluding carboxylic acids is 1. The molecule has 0 spiro atoms. The SMILES string of the molecule is CCCC(CCC)C(=O)NCCCCCCl. The molecule has 96 valence electrons. The molecular formula is C13H26ClNO. The molecule has 1 amide bonds. The van der Waals surface area contributed by atoms with Gasteiger partial charge in [-0.05, 0) is 25.7 Å². The molecule has 0 aromatic rings. The zero-order valence-corrected chi connectivity index (χ0v) is 11.5. The number of hydrogen-bond donors (Lipinski definition) is 1. The summed E-state index contributed by atoms with van der Waals surface area (Å²) >= 11 is 5.59. The molecule has 0 aromatic carbocycles. The van der Waals surface area contributed by atoms with Gasteiger partial charge in [-0.1, -0.05) is 33.1 Å². The van der Waals surface area contributed by atoms with Gasteiger partial charge in [0.2, 0.25) is 5.91 Å². The van der Waals surface area contributed by atoms with Crippen LogP contribution in [-0.4, -0.2) is 18.3 Å². The van der Waals surface area contributed by atoms with Crippen LogP contribution in [0.1, 0.15) is 58.8 Å². The van der Waals surface area contributed by atoms with Crippen LogP contribution in [0.25, 0.3) is 0 Å². The van der Waals surface area contributed by atoms with E-state index in [1.54, 1.807) is 0 Å². The lowest BCUT2D eigenvalue weighted by molar-refractivity contribution is -0.125. The van der Waals surface area contributed by atoms with Gasteiger partial charge in [-0.25, -0.2) is 0 Å². The molecule has 0 heterocycles. The number of amides is 1. The van der Waals surface area contributed by atoms with Gasteiger partial charge in [0.15, 0.2) is 0 Å². The van der Waals surface area contributed by atoms with Gasteiger partial charge in [0.25, 0.3) is 0 Å². The molecule has 0 saturated heterocycles. The Bertz CT molecular complexity index is 167. The second kappa shape index (κ2) is 11.3. The normalized spacial score (nSPS) is 10.8. The minimum absolute atomic E-state index is 0.225.